The molecule has 0 aliphatic heterocycles. The molecule has 8 heteroatoms. The van der Waals surface area contributed by atoms with Crippen LogP contribution in [0.3, 0.4) is 0 Å². The molecule has 1 aromatic rings. The van der Waals surface area contributed by atoms with E-state index >= 15 is 0 Å². The lowest BCUT2D eigenvalue weighted by molar-refractivity contribution is -0.140. The first-order chi connectivity index (χ1) is 8.36. The molecule has 0 bridgehead atoms. The van der Waals surface area contributed by atoms with E-state index in [0.29, 0.717) is 0 Å². The van der Waals surface area contributed by atoms with Crippen molar-refractivity contribution in [1.29, 1.82) is 0 Å². The molecule has 0 aromatic heterocycles. The van der Waals surface area contributed by atoms with E-state index in [-0.39, 0.29) is 22.3 Å². The van der Waals surface area contributed by atoms with Gasteiger partial charge in [-0.15, -0.1) is 0 Å². The van der Waals surface area contributed by atoms with E-state index < -0.39 is 21.8 Å². The lowest BCUT2D eigenvalue weighted by atomic mass is 10.3. The minimum atomic E-state index is -3.82. The summed E-state index contributed by atoms with van der Waals surface area (Å²) >= 11 is 2.93. The summed E-state index contributed by atoms with van der Waals surface area (Å²) in [5.74, 6) is -1.20. The van der Waals surface area contributed by atoms with Crippen molar-refractivity contribution in [2.24, 2.45) is 0 Å². The Morgan fingerprint density at radius 2 is 2.17 bits per heavy atom. The van der Waals surface area contributed by atoms with Gasteiger partial charge >= 0.3 is 5.97 Å². The number of carbonyl (C=O) groups excluding carboxylic acids is 1. The fraction of sp³-hybridized carbons (Fsp3) is 0.300. The predicted molar refractivity (Wildman–Crippen MR) is 65.9 cm³/mol. The van der Waals surface area contributed by atoms with Crippen LogP contribution in [-0.2, 0) is 19.6 Å². The van der Waals surface area contributed by atoms with E-state index in [0.717, 1.165) is 6.07 Å². The lowest BCUT2D eigenvalue weighted by Gasteiger charge is -2.06. The maximum absolute atomic E-state index is 13.2. The number of hydrogen-bond donors (Lipinski definition) is 1. The van der Waals surface area contributed by atoms with E-state index in [1.54, 1.807) is 0 Å². The molecule has 18 heavy (non-hydrogen) atoms. The Labute approximate surface area is 113 Å². The largest absolute Gasteiger partial charge is 0.469 e. The zero-order chi connectivity index (χ0) is 13.8. The molecule has 0 spiro atoms. The first-order valence-corrected chi connectivity index (χ1v) is 7.16. The van der Waals surface area contributed by atoms with Crippen LogP contribution < -0.4 is 4.72 Å². The SMILES string of the molecule is COC(=O)CCNS(=O)(=O)c1ccc(Br)c(F)c1. The van der Waals surface area contributed by atoms with Gasteiger partial charge in [-0.3, -0.25) is 4.79 Å². The highest BCUT2D eigenvalue weighted by atomic mass is 79.9. The normalized spacial score (nSPS) is 11.3. The van der Waals surface area contributed by atoms with E-state index in [4.69, 9.17) is 0 Å². The van der Waals surface area contributed by atoms with Gasteiger partial charge in [0.1, 0.15) is 5.82 Å². The molecule has 0 aliphatic carbocycles. The first-order valence-electron chi connectivity index (χ1n) is 4.88. The summed E-state index contributed by atoms with van der Waals surface area (Å²) in [5.41, 5.74) is 0. The number of benzene rings is 1. The Kier molecular flexibility index (Phi) is 5.24. The zero-order valence-corrected chi connectivity index (χ0v) is 11.8. The van der Waals surface area contributed by atoms with Crippen molar-refractivity contribution in [3.8, 4) is 0 Å². The van der Waals surface area contributed by atoms with Gasteiger partial charge in [-0.25, -0.2) is 17.5 Å². The van der Waals surface area contributed by atoms with Crippen LogP contribution in [0.5, 0.6) is 0 Å². The summed E-state index contributed by atoms with van der Waals surface area (Å²) < 4.78 is 43.4. The highest BCUT2D eigenvalue weighted by Gasteiger charge is 2.15. The van der Waals surface area contributed by atoms with Gasteiger partial charge in [-0.05, 0) is 34.1 Å². The van der Waals surface area contributed by atoms with Gasteiger partial charge in [0.2, 0.25) is 10.0 Å². The summed E-state index contributed by atoms with van der Waals surface area (Å²) in [6.07, 6.45) is -0.0886. The Morgan fingerprint density at radius 1 is 1.50 bits per heavy atom. The van der Waals surface area contributed by atoms with E-state index in [2.05, 4.69) is 25.4 Å². The third-order valence-electron chi connectivity index (χ3n) is 2.05. The van der Waals surface area contributed by atoms with E-state index in [9.17, 15) is 17.6 Å². The number of methoxy groups -OCH3 is 1. The fourth-order valence-corrected chi connectivity index (χ4v) is 2.41. The average Bonchev–Trinajstić information content (AvgIpc) is 2.32. The summed E-state index contributed by atoms with van der Waals surface area (Å²) in [4.78, 5) is 10.6. The maximum Gasteiger partial charge on any atom is 0.306 e. The Hall–Kier alpha value is -0.990. The molecule has 0 amide bonds. The first kappa shape index (κ1) is 15.1. The second-order valence-electron chi connectivity index (χ2n) is 3.30. The van der Waals surface area contributed by atoms with Crippen LogP contribution >= 0.6 is 15.9 Å². The van der Waals surface area contributed by atoms with Gasteiger partial charge in [-0.2, -0.15) is 0 Å². The molecule has 0 unspecified atom stereocenters. The highest BCUT2D eigenvalue weighted by Crippen LogP contribution is 2.19. The summed E-state index contributed by atoms with van der Waals surface area (Å²) in [6, 6.07) is 3.45. The number of carbonyl (C=O) groups is 1. The van der Waals surface area contributed by atoms with Crippen LogP contribution in [0.1, 0.15) is 6.42 Å². The standard InChI is InChI=1S/C10H11BrFNO4S/c1-17-10(14)4-5-13-18(15,16)7-2-3-8(11)9(12)6-7/h2-3,6,13H,4-5H2,1H3. The molecule has 0 saturated carbocycles. The van der Waals surface area contributed by atoms with Crippen molar-refractivity contribution in [2.45, 2.75) is 11.3 Å². The monoisotopic (exact) mass is 339 g/mol. The molecule has 0 heterocycles. The van der Waals surface area contributed by atoms with Gasteiger partial charge < -0.3 is 4.74 Å². The number of nitrogens with one attached hydrogen (secondary N) is 1. The topological polar surface area (TPSA) is 72.5 Å². The van der Waals surface area contributed by atoms with Gasteiger partial charge in [0.15, 0.2) is 0 Å². The van der Waals surface area contributed by atoms with Crippen LogP contribution in [0.4, 0.5) is 4.39 Å². The minimum Gasteiger partial charge on any atom is -0.469 e. The van der Waals surface area contributed by atoms with Crippen molar-refractivity contribution in [2.75, 3.05) is 13.7 Å². The number of hydrogen-bond acceptors (Lipinski definition) is 4. The molecule has 5 nitrogen and oxygen atoms in total. The molecule has 0 atom stereocenters. The van der Waals surface area contributed by atoms with Crippen LogP contribution in [0.15, 0.2) is 27.6 Å². The lowest BCUT2D eigenvalue weighted by Crippen LogP contribution is -2.26. The van der Waals surface area contributed by atoms with Crippen LogP contribution in [0, 0.1) is 5.82 Å². The third-order valence-corrected chi connectivity index (χ3v) is 4.15. The summed E-state index contributed by atoms with van der Waals surface area (Å²) in [7, 11) is -2.61. The van der Waals surface area contributed by atoms with Crippen molar-refractivity contribution < 1.29 is 22.3 Å². The fourth-order valence-electron chi connectivity index (χ4n) is 1.12. The molecule has 0 saturated heterocycles. The molecule has 0 fully saturated rings. The molecule has 0 aliphatic rings. The Bertz CT molecular complexity index is 547. The van der Waals surface area contributed by atoms with Crippen molar-refractivity contribution in [3.63, 3.8) is 0 Å². The summed E-state index contributed by atoms with van der Waals surface area (Å²) in [6.45, 7) is -0.104. The second-order valence-corrected chi connectivity index (χ2v) is 5.92. The van der Waals surface area contributed by atoms with Gasteiger partial charge in [0.05, 0.1) is 22.9 Å². The summed E-state index contributed by atoms with van der Waals surface area (Å²) in [5, 5.41) is 0. The van der Waals surface area contributed by atoms with E-state index in [1.807, 2.05) is 0 Å². The minimum absolute atomic E-state index is 0.0886. The molecular formula is C10H11BrFNO4S. The highest BCUT2D eigenvalue weighted by molar-refractivity contribution is 9.10. The molecule has 0 radical (unpaired) electrons. The average molecular weight is 340 g/mol. The quantitative estimate of drug-likeness (QED) is 0.823. The third kappa shape index (κ3) is 4.04. The molecule has 1 aromatic carbocycles. The molecule has 1 N–H and O–H groups in total. The van der Waals surface area contributed by atoms with Crippen LogP contribution in [0.2, 0.25) is 0 Å². The van der Waals surface area contributed by atoms with Crippen molar-refractivity contribution in [1.82, 2.24) is 4.72 Å². The van der Waals surface area contributed by atoms with Crippen molar-refractivity contribution in [3.05, 3.63) is 28.5 Å². The number of ether oxygens (including phenoxy) is 1. The predicted octanol–water partition coefficient (Wildman–Crippen LogP) is 1.43. The maximum atomic E-state index is 13.2. The molecular weight excluding hydrogens is 329 g/mol. The van der Waals surface area contributed by atoms with Crippen LogP contribution in [0.25, 0.3) is 0 Å². The van der Waals surface area contributed by atoms with Crippen molar-refractivity contribution >= 4 is 31.9 Å². The smallest absolute Gasteiger partial charge is 0.306 e. The molecule has 1 rings (SSSR count). The zero-order valence-electron chi connectivity index (χ0n) is 9.44. The number of esters is 1. The Balaban J connectivity index is 2.74. The van der Waals surface area contributed by atoms with Crippen LogP contribution in [-0.4, -0.2) is 28.0 Å². The molecule has 100 valence electrons. The number of rotatable bonds is 5. The number of sulfonamides is 1. The van der Waals surface area contributed by atoms with Gasteiger partial charge in [-0.1, -0.05) is 0 Å². The van der Waals surface area contributed by atoms with Gasteiger partial charge in [0.25, 0.3) is 0 Å². The van der Waals surface area contributed by atoms with E-state index in [1.165, 1.54) is 19.2 Å². The number of halogens is 2. The second kappa shape index (κ2) is 6.26. The Morgan fingerprint density at radius 3 is 2.72 bits per heavy atom. The van der Waals surface area contributed by atoms with Gasteiger partial charge in [0, 0.05) is 6.54 Å².